The highest BCUT2D eigenvalue weighted by atomic mass is 35.5. The maximum Gasteiger partial charge on any atom is 0.242 e. The number of thiophene rings is 1. The van der Waals surface area contributed by atoms with Crippen LogP contribution in [0.3, 0.4) is 0 Å². The van der Waals surface area contributed by atoms with E-state index in [1.807, 2.05) is 35.0 Å². The van der Waals surface area contributed by atoms with Gasteiger partial charge in [-0.05, 0) is 65.1 Å². The second-order valence-electron chi connectivity index (χ2n) is 10.0. The number of thioether (sulfide) groups is 1. The lowest BCUT2D eigenvalue weighted by atomic mass is 9.76. The molecule has 1 amide bonds. The van der Waals surface area contributed by atoms with Crippen LogP contribution in [0.25, 0.3) is 0 Å². The van der Waals surface area contributed by atoms with E-state index >= 15 is 0 Å². The van der Waals surface area contributed by atoms with Gasteiger partial charge in [-0.1, -0.05) is 35.9 Å². The molecule has 0 radical (unpaired) electrons. The first-order chi connectivity index (χ1) is 17.5. The molecule has 3 aliphatic rings. The Morgan fingerprint density at radius 2 is 1.75 bits per heavy atom. The van der Waals surface area contributed by atoms with E-state index in [-0.39, 0.29) is 18.1 Å². The summed E-state index contributed by atoms with van der Waals surface area (Å²) in [5.41, 5.74) is 2.56. The highest BCUT2D eigenvalue weighted by Gasteiger charge is 2.48. The second kappa shape index (κ2) is 9.53. The zero-order valence-corrected chi connectivity index (χ0v) is 22.1. The summed E-state index contributed by atoms with van der Waals surface area (Å²) in [4.78, 5) is 30.0. The van der Waals surface area contributed by atoms with Crippen LogP contribution in [0.2, 0.25) is 5.02 Å². The lowest BCUT2D eigenvalue weighted by Gasteiger charge is -2.48. The Morgan fingerprint density at radius 3 is 2.36 bits per heavy atom. The Labute approximate surface area is 224 Å². The van der Waals surface area contributed by atoms with Crippen LogP contribution in [-0.4, -0.2) is 43.2 Å². The first-order valence-electron chi connectivity index (χ1n) is 12.2. The molecule has 0 bridgehead atoms. The average Bonchev–Trinajstić information content (AvgIpc) is 3.42. The number of hydrogen-bond donors (Lipinski definition) is 1. The molecule has 4 heterocycles. The van der Waals surface area contributed by atoms with Crippen molar-refractivity contribution in [3.05, 3.63) is 81.5 Å². The van der Waals surface area contributed by atoms with Gasteiger partial charge in [0.2, 0.25) is 5.91 Å². The Kier molecular flexibility index (Phi) is 6.36. The summed E-state index contributed by atoms with van der Waals surface area (Å²) in [6.07, 6.45) is 2.51. The zero-order valence-electron chi connectivity index (χ0n) is 19.7. The Hall–Kier alpha value is -2.32. The number of hydrogen-bond acceptors (Lipinski definition) is 6. The Balaban J connectivity index is 1.25. The van der Waals surface area contributed by atoms with Gasteiger partial charge in [-0.3, -0.25) is 9.59 Å². The molecule has 2 atom stereocenters. The highest BCUT2D eigenvalue weighted by Crippen LogP contribution is 2.43. The molecule has 1 aromatic heterocycles. The molecule has 8 heteroatoms. The molecule has 2 aromatic carbocycles. The number of benzene rings is 2. The van der Waals surface area contributed by atoms with E-state index in [2.05, 4.69) is 34.5 Å². The van der Waals surface area contributed by atoms with Gasteiger partial charge in [-0.25, -0.2) is 0 Å². The molecular formula is C28H27ClN2O3S2. The predicted octanol–water partition coefficient (Wildman–Crippen LogP) is 5.51. The van der Waals surface area contributed by atoms with Gasteiger partial charge >= 0.3 is 0 Å². The van der Waals surface area contributed by atoms with Crippen LogP contribution >= 0.6 is 34.7 Å². The summed E-state index contributed by atoms with van der Waals surface area (Å²) in [6.45, 7) is 3.84. The topological polar surface area (TPSA) is 58.6 Å². The van der Waals surface area contributed by atoms with E-state index < -0.39 is 10.8 Å². The van der Waals surface area contributed by atoms with Crippen molar-refractivity contribution in [2.75, 3.05) is 31.2 Å². The van der Waals surface area contributed by atoms with E-state index in [1.54, 1.807) is 17.4 Å². The van der Waals surface area contributed by atoms with Crippen LogP contribution in [0.15, 0.2) is 70.3 Å². The largest absolute Gasteiger partial charge is 0.380 e. The van der Waals surface area contributed by atoms with Crippen LogP contribution in [0.1, 0.15) is 30.4 Å². The number of ether oxygens (including phenoxy) is 1. The summed E-state index contributed by atoms with van der Waals surface area (Å²) >= 11 is 9.09. The van der Waals surface area contributed by atoms with Crippen LogP contribution < -0.4 is 10.2 Å². The fourth-order valence-corrected chi connectivity index (χ4v) is 7.48. The number of carbonyl (C=O) groups excluding carboxylic acids is 2. The zero-order chi connectivity index (χ0) is 24.8. The number of ketones is 1. The summed E-state index contributed by atoms with van der Waals surface area (Å²) < 4.78 is 5.46. The molecule has 3 fully saturated rings. The molecule has 0 aliphatic carbocycles. The van der Waals surface area contributed by atoms with Gasteiger partial charge in [0.1, 0.15) is 5.25 Å². The minimum atomic E-state index is -0.876. The van der Waals surface area contributed by atoms with Gasteiger partial charge in [-0.2, -0.15) is 11.3 Å². The third-order valence-corrected chi connectivity index (χ3v) is 10.2. The molecule has 186 valence electrons. The monoisotopic (exact) mass is 538 g/mol. The van der Waals surface area contributed by atoms with Crippen molar-refractivity contribution in [1.82, 2.24) is 5.32 Å². The molecule has 3 aromatic rings. The first kappa shape index (κ1) is 24.0. The van der Waals surface area contributed by atoms with Crippen molar-refractivity contribution >= 4 is 52.1 Å². The minimum Gasteiger partial charge on any atom is -0.380 e. The smallest absolute Gasteiger partial charge is 0.242 e. The highest BCUT2D eigenvalue weighted by molar-refractivity contribution is 8.01. The van der Waals surface area contributed by atoms with E-state index in [0.29, 0.717) is 10.4 Å². The van der Waals surface area contributed by atoms with Gasteiger partial charge in [0.15, 0.2) is 5.78 Å². The Morgan fingerprint density at radius 1 is 1.00 bits per heavy atom. The van der Waals surface area contributed by atoms with Crippen molar-refractivity contribution in [3.63, 3.8) is 0 Å². The van der Waals surface area contributed by atoms with Gasteiger partial charge in [-0.15, -0.1) is 11.8 Å². The van der Waals surface area contributed by atoms with E-state index in [1.165, 1.54) is 17.4 Å². The maximum atomic E-state index is 13.5. The van der Waals surface area contributed by atoms with Crippen molar-refractivity contribution < 1.29 is 14.3 Å². The van der Waals surface area contributed by atoms with Crippen LogP contribution in [0.5, 0.6) is 0 Å². The molecule has 1 spiro atoms. The van der Waals surface area contributed by atoms with Crippen LogP contribution in [0, 0.1) is 5.41 Å². The molecule has 6 rings (SSSR count). The van der Waals surface area contributed by atoms with Crippen LogP contribution in [-0.2, 0) is 19.9 Å². The number of nitrogens with zero attached hydrogens (tertiary/aromatic N) is 1. The number of halogens is 1. The quantitative estimate of drug-likeness (QED) is 0.434. The SMILES string of the molecule is O=C1CC(c2ccc(N3CCC4(CC3)COC4)cc2)(c2ccsc2)NC(=O)C1Sc1ccccc1Cl. The number of amides is 1. The van der Waals surface area contributed by atoms with Crippen molar-refractivity contribution in [3.8, 4) is 0 Å². The number of Topliss-reactive ketones (excluding diaryl/α,β-unsaturated/α-hetero) is 1. The van der Waals surface area contributed by atoms with Crippen molar-refractivity contribution in [1.29, 1.82) is 0 Å². The predicted molar refractivity (Wildman–Crippen MR) is 145 cm³/mol. The number of anilines is 1. The molecule has 1 N–H and O–H groups in total. The first-order valence-corrected chi connectivity index (χ1v) is 14.4. The summed E-state index contributed by atoms with van der Waals surface area (Å²) in [7, 11) is 0. The molecule has 5 nitrogen and oxygen atoms in total. The summed E-state index contributed by atoms with van der Waals surface area (Å²) in [5.74, 6) is -0.376. The van der Waals surface area contributed by atoms with E-state index in [9.17, 15) is 9.59 Å². The lowest BCUT2D eigenvalue weighted by Crippen LogP contribution is -2.58. The number of piperidine rings is 2. The molecular weight excluding hydrogens is 512 g/mol. The van der Waals surface area contributed by atoms with Gasteiger partial charge in [0, 0.05) is 35.5 Å². The summed E-state index contributed by atoms with van der Waals surface area (Å²) in [5, 5.41) is 6.97. The standard InChI is InChI=1S/C28H27ClN2O3S2/c29-22-3-1-2-4-24(22)36-25-23(32)15-28(30-26(25)33,20-9-14-35-16-20)19-5-7-21(8-6-19)31-12-10-27(11-13-31)17-34-18-27/h1-9,14,16,25H,10-13,15,17-18H2,(H,30,33). The van der Waals surface area contributed by atoms with Gasteiger partial charge < -0.3 is 15.0 Å². The molecule has 3 aliphatic heterocycles. The molecule has 0 saturated carbocycles. The minimum absolute atomic E-state index is 0.0945. The third-order valence-electron chi connectivity index (χ3n) is 7.77. The van der Waals surface area contributed by atoms with Gasteiger partial charge in [0.25, 0.3) is 0 Å². The van der Waals surface area contributed by atoms with E-state index in [0.717, 1.165) is 55.2 Å². The van der Waals surface area contributed by atoms with Gasteiger partial charge in [0.05, 0.1) is 23.8 Å². The Bertz CT molecular complexity index is 1250. The second-order valence-corrected chi connectivity index (χ2v) is 12.3. The fraction of sp³-hybridized carbons (Fsp3) is 0.357. The number of carbonyl (C=O) groups is 2. The molecule has 2 unspecified atom stereocenters. The lowest BCUT2D eigenvalue weighted by molar-refractivity contribution is -0.132. The average molecular weight is 539 g/mol. The fourth-order valence-electron chi connectivity index (χ4n) is 5.50. The normalized spacial score (nSPS) is 25.5. The molecule has 36 heavy (non-hydrogen) atoms. The van der Waals surface area contributed by atoms with Crippen molar-refractivity contribution in [2.24, 2.45) is 5.41 Å². The summed E-state index contributed by atoms with van der Waals surface area (Å²) in [6, 6.07) is 17.7. The molecule has 3 saturated heterocycles. The van der Waals surface area contributed by atoms with Crippen molar-refractivity contribution in [2.45, 2.75) is 34.9 Å². The van der Waals surface area contributed by atoms with E-state index in [4.69, 9.17) is 16.3 Å². The van der Waals surface area contributed by atoms with Crippen LogP contribution in [0.4, 0.5) is 5.69 Å². The third kappa shape index (κ3) is 4.26. The maximum absolute atomic E-state index is 13.5. The number of nitrogens with one attached hydrogen (secondary N) is 1. The number of rotatable bonds is 5.